The Balaban J connectivity index is 2.10. The maximum Gasteiger partial charge on any atom is 0.308 e. The highest BCUT2D eigenvalue weighted by molar-refractivity contribution is 5.92. The molecule has 2 rings (SSSR count). The van der Waals surface area contributed by atoms with Crippen molar-refractivity contribution in [1.29, 1.82) is 0 Å². The van der Waals surface area contributed by atoms with Gasteiger partial charge in [-0.25, -0.2) is 4.98 Å². The van der Waals surface area contributed by atoms with Crippen molar-refractivity contribution in [2.75, 3.05) is 20.2 Å². The van der Waals surface area contributed by atoms with Crippen LogP contribution in [-0.4, -0.2) is 47.1 Å². The van der Waals surface area contributed by atoms with E-state index in [0.29, 0.717) is 12.3 Å². The van der Waals surface area contributed by atoms with E-state index in [0.717, 1.165) is 24.2 Å². The fourth-order valence-corrected chi connectivity index (χ4v) is 2.14. The number of hydrogen-bond acceptors (Lipinski definition) is 4. The molecule has 108 valence electrons. The van der Waals surface area contributed by atoms with Crippen molar-refractivity contribution in [1.82, 2.24) is 9.88 Å². The Morgan fingerprint density at radius 3 is 3.00 bits per heavy atom. The van der Waals surface area contributed by atoms with Crippen molar-refractivity contribution in [3.8, 4) is 5.75 Å². The molecular weight excluding hydrogens is 260 g/mol. The summed E-state index contributed by atoms with van der Waals surface area (Å²) in [5.41, 5.74) is 1.31. The summed E-state index contributed by atoms with van der Waals surface area (Å²) in [5.74, 6) is -1.07. The number of rotatable bonds is 4. The summed E-state index contributed by atoms with van der Waals surface area (Å²) in [6.45, 7) is 2.40. The quantitative estimate of drug-likeness (QED) is 0.895. The van der Waals surface area contributed by atoms with Gasteiger partial charge < -0.3 is 14.7 Å². The fraction of sp³-hybridized carbons (Fsp3) is 0.500. The zero-order valence-corrected chi connectivity index (χ0v) is 11.6. The van der Waals surface area contributed by atoms with E-state index < -0.39 is 11.9 Å². The molecule has 0 aliphatic carbocycles. The first kappa shape index (κ1) is 14.3. The Morgan fingerprint density at radius 2 is 2.30 bits per heavy atom. The summed E-state index contributed by atoms with van der Waals surface area (Å²) in [5, 5.41) is 8.87. The summed E-state index contributed by atoms with van der Waals surface area (Å²) in [7, 11) is 1.58. The number of aryl methyl sites for hydroxylation is 1. The smallest absolute Gasteiger partial charge is 0.308 e. The maximum absolute atomic E-state index is 12.2. The van der Waals surface area contributed by atoms with Crippen LogP contribution in [0.1, 0.15) is 29.4 Å². The molecular formula is C14H18N2O4. The number of amides is 1. The summed E-state index contributed by atoms with van der Waals surface area (Å²) in [6.07, 6.45) is 3.36. The monoisotopic (exact) mass is 278 g/mol. The Hall–Kier alpha value is -2.11. The first-order valence-electron chi connectivity index (χ1n) is 6.59. The summed E-state index contributed by atoms with van der Waals surface area (Å²) < 4.78 is 5.45. The van der Waals surface area contributed by atoms with E-state index in [-0.39, 0.29) is 12.5 Å². The van der Waals surface area contributed by atoms with Gasteiger partial charge in [-0.05, 0) is 24.5 Å². The molecule has 1 atom stereocenters. The van der Waals surface area contributed by atoms with Gasteiger partial charge in [0.15, 0.2) is 0 Å². The average Bonchev–Trinajstić information content (AvgIpc) is 2.45. The number of nitrogens with zero attached hydrogens (tertiary/aromatic N) is 2. The number of aliphatic carboxylic acids is 1. The lowest BCUT2D eigenvalue weighted by molar-refractivity contribution is -0.141. The summed E-state index contributed by atoms with van der Waals surface area (Å²) in [6, 6.07) is 1.73. The molecule has 0 radical (unpaired) electrons. The highest BCUT2D eigenvalue weighted by Crippen LogP contribution is 2.24. The fourth-order valence-electron chi connectivity index (χ4n) is 2.14. The van der Waals surface area contributed by atoms with Crippen molar-refractivity contribution < 1.29 is 19.4 Å². The Labute approximate surface area is 117 Å². The van der Waals surface area contributed by atoms with E-state index in [1.54, 1.807) is 26.2 Å². The minimum atomic E-state index is -0.920. The standard InChI is InChI=1S/C14H18N2O4/c1-9(14(18)19)8-16(2)13(17)11-6-10-4-3-5-20-12(10)7-15-11/h6-7,9H,3-5,8H2,1-2H3,(H,18,19). The molecule has 0 aromatic carbocycles. The first-order valence-corrected chi connectivity index (χ1v) is 6.59. The lowest BCUT2D eigenvalue weighted by Crippen LogP contribution is -2.34. The lowest BCUT2D eigenvalue weighted by Gasteiger charge is -2.21. The molecule has 0 spiro atoms. The second kappa shape index (κ2) is 5.90. The van der Waals surface area contributed by atoms with Gasteiger partial charge in [-0.1, -0.05) is 6.92 Å². The Kier molecular flexibility index (Phi) is 4.22. The van der Waals surface area contributed by atoms with Crippen molar-refractivity contribution in [2.45, 2.75) is 19.8 Å². The van der Waals surface area contributed by atoms with Crippen LogP contribution in [0.4, 0.5) is 0 Å². The van der Waals surface area contributed by atoms with Crippen molar-refractivity contribution in [2.24, 2.45) is 5.92 Å². The van der Waals surface area contributed by atoms with Crippen molar-refractivity contribution in [3.05, 3.63) is 23.5 Å². The van der Waals surface area contributed by atoms with Crippen molar-refractivity contribution in [3.63, 3.8) is 0 Å². The van der Waals surface area contributed by atoms with Gasteiger partial charge in [0.2, 0.25) is 0 Å². The van der Waals surface area contributed by atoms with Crippen LogP contribution in [-0.2, 0) is 11.2 Å². The van der Waals surface area contributed by atoms with Gasteiger partial charge in [-0.2, -0.15) is 0 Å². The minimum absolute atomic E-state index is 0.156. The van der Waals surface area contributed by atoms with Crippen LogP contribution >= 0.6 is 0 Å². The van der Waals surface area contributed by atoms with Crippen LogP contribution < -0.4 is 4.74 Å². The van der Waals surface area contributed by atoms with Gasteiger partial charge in [0, 0.05) is 13.6 Å². The molecule has 1 aromatic rings. The number of carboxylic acid groups (broad SMARTS) is 1. The third-order valence-electron chi connectivity index (χ3n) is 3.33. The highest BCUT2D eigenvalue weighted by Gasteiger charge is 2.21. The summed E-state index contributed by atoms with van der Waals surface area (Å²) in [4.78, 5) is 28.5. The normalized spacial score (nSPS) is 14.9. The van der Waals surface area contributed by atoms with Gasteiger partial charge in [0.25, 0.3) is 5.91 Å². The van der Waals surface area contributed by atoms with Crippen LogP contribution in [0.2, 0.25) is 0 Å². The van der Waals surface area contributed by atoms with E-state index in [1.807, 2.05) is 0 Å². The van der Waals surface area contributed by atoms with Gasteiger partial charge >= 0.3 is 5.97 Å². The first-order chi connectivity index (χ1) is 9.49. The molecule has 0 saturated carbocycles. The molecule has 1 aromatic heterocycles. The van der Waals surface area contributed by atoms with E-state index >= 15 is 0 Å². The zero-order chi connectivity index (χ0) is 14.7. The van der Waals surface area contributed by atoms with Gasteiger partial charge in [-0.3, -0.25) is 9.59 Å². The third-order valence-corrected chi connectivity index (χ3v) is 3.33. The topological polar surface area (TPSA) is 79.7 Å². The average molecular weight is 278 g/mol. The molecule has 20 heavy (non-hydrogen) atoms. The van der Waals surface area contributed by atoms with Crippen LogP contribution in [0.3, 0.4) is 0 Å². The highest BCUT2D eigenvalue weighted by atomic mass is 16.5. The number of carboxylic acids is 1. The van der Waals surface area contributed by atoms with E-state index in [9.17, 15) is 9.59 Å². The number of aromatic nitrogens is 1. The molecule has 1 aliphatic rings. The number of hydrogen-bond donors (Lipinski definition) is 1. The SMILES string of the molecule is CC(CN(C)C(=O)c1cc2c(cn1)OCCC2)C(=O)O. The number of ether oxygens (including phenoxy) is 1. The van der Waals surface area contributed by atoms with Gasteiger partial charge in [0.1, 0.15) is 11.4 Å². The molecule has 0 saturated heterocycles. The lowest BCUT2D eigenvalue weighted by atomic mass is 10.1. The van der Waals surface area contributed by atoms with E-state index in [4.69, 9.17) is 9.84 Å². The van der Waals surface area contributed by atoms with Gasteiger partial charge in [-0.15, -0.1) is 0 Å². The molecule has 0 bridgehead atoms. The Morgan fingerprint density at radius 1 is 1.55 bits per heavy atom. The predicted molar refractivity (Wildman–Crippen MR) is 71.8 cm³/mol. The molecule has 6 heteroatoms. The molecule has 1 aliphatic heterocycles. The minimum Gasteiger partial charge on any atom is -0.492 e. The number of pyridine rings is 1. The predicted octanol–water partition coefficient (Wildman–Crippen LogP) is 1.20. The van der Waals surface area contributed by atoms with Gasteiger partial charge in [0.05, 0.1) is 18.7 Å². The number of carbonyl (C=O) groups excluding carboxylic acids is 1. The molecule has 1 N–H and O–H groups in total. The molecule has 0 fully saturated rings. The van der Waals surface area contributed by atoms with Crippen LogP contribution in [0, 0.1) is 5.92 Å². The van der Waals surface area contributed by atoms with E-state index in [2.05, 4.69) is 4.98 Å². The Bertz CT molecular complexity index is 530. The van der Waals surface area contributed by atoms with Crippen molar-refractivity contribution >= 4 is 11.9 Å². The molecule has 2 heterocycles. The summed E-state index contributed by atoms with van der Waals surface area (Å²) >= 11 is 0. The molecule has 1 unspecified atom stereocenters. The van der Waals surface area contributed by atoms with E-state index in [1.165, 1.54) is 4.90 Å². The molecule has 1 amide bonds. The van der Waals surface area contributed by atoms with Crippen LogP contribution in [0.25, 0.3) is 0 Å². The molecule has 6 nitrogen and oxygen atoms in total. The zero-order valence-electron chi connectivity index (χ0n) is 11.6. The second-order valence-electron chi connectivity index (χ2n) is 5.05. The number of carbonyl (C=O) groups is 2. The van der Waals surface area contributed by atoms with Crippen LogP contribution in [0.5, 0.6) is 5.75 Å². The largest absolute Gasteiger partial charge is 0.492 e. The second-order valence-corrected chi connectivity index (χ2v) is 5.05. The number of fused-ring (bicyclic) bond motifs is 1. The third kappa shape index (κ3) is 3.07. The van der Waals surface area contributed by atoms with Crippen LogP contribution in [0.15, 0.2) is 12.3 Å². The maximum atomic E-state index is 12.2.